The highest BCUT2D eigenvalue weighted by Crippen LogP contribution is 2.42. The molecule has 0 spiro atoms. The van der Waals surface area contributed by atoms with Gasteiger partial charge < -0.3 is 9.80 Å². The monoisotopic (exact) mass is 828 g/mol. The third-order valence-corrected chi connectivity index (χ3v) is 11.1. The highest BCUT2D eigenvalue weighted by molar-refractivity contribution is 5.90. The van der Waals surface area contributed by atoms with Crippen LogP contribution >= 0.6 is 0 Å². The smallest absolute Gasteiger partial charge is 0.0468 e. The molecule has 0 saturated carbocycles. The predicted molar refractivity (Wildman–Crippen MR) is 280 cm³/mol. The van der Waals surface area contributed by atoms with Crippen molar-refractivity contribution in [2.45, 2.75) is 27.7 Å². The first-order valence-electron chi connectivity index (χ1n) is 22.1. The molecule has 0 amide bonds. The molecule has 0 bridgehead atoms. The standard InChI is InChI=1S/C60H50N2.C2H6/c1-5-18-45(7-3)47-30-36-55(37-31-47)61(53-22-14-10-15-23-53)56-40-34-50(35-41-56)49-26-28-52(29-27-49)59-43-42-58(44-60(59)51-20-12-9-13-21-51)62(54-24-16-11-17-25-54)57-38-32-48(33-39-57)46(8-4)19-6-2;1-2/h5-44H,2,4H2,1,3H3;1-2H3/b18-5-,45-7+,46-19+;. The zero-order valence-corrected chi connectivity index (χ0v) is 37.4. The van der Waals surface area contributed by atoms with Crippen LogP contribution in [0, 0.1) is 0 Å². The maximum Gasteiger partial charge on any atom is 0.0468 e. The van der Waals surface area contributed by atoms with E-state index in [9.17, 15) is 0 Å². The van der Waals surface area contributed by atoms with Gasteiger partial charge in [0.25, 0.3) is 0 Å². The van der Waals surface area contributed by atoms with Crippen LogP contribution in [0.25, 0.3) is 44.5 Å². The van der Waals surface area contributed by atoms with Crippen molar-refractivity contribution in [3.63, 3.8) is 0 Å². The van der Waals surface area contributed by atoms with Crippen molar-refractivity contribution in [3.8, 4) is 33.4 Å². The number of nitrogens with zero attached hydrogens (tertiary/aromatic N) is 2. The van der Waals surface area contributed by atoms with Gasteiger partial charge >= 0.3 is 0 Å². The van der Waals surface area contributed by atoms with E-state index in [1.54, 1.807) is 6.08 Å². The fourth-order valence-electron chi connectivity index (χ4n) is 8.03. The van der Waals surface area contributed by atoms with E-state index in [-0.39, 0.29) is 0 Å². The van der Waals surface area contributed by atoms with E-state index in [2.05, 4.69) is 261 Å². The lowest BCUT2D eigenvalue weighted by molar-refractivity contribution is 1.28. The number of rotatable bonds is 14. The van der Waals surface area contributed by atoms with Gasteiger partial charge in [-0.25, -0.2) is 0 Å². The Labute approximate surface area is 381 Å². The van der Waals surface area contributed by atoms with Crippen molar-refractivity contribution >= 4 is 45.3 Å². The van der Waals surface area contributed by atoms with Crippen molar-refractivity contribution in [2.75, 3.05) is 9.80 Å². The summed E-state index contributed by atoms with van der Waals surface area (Å²) in [6.45, 7) is 16.0. The number of anilines is 6. The van der Waals surface area contributed by atoms with Gasteiger partial charge in [0, 0.05) is 34.1 Å². The Kier molecular flexibility index (Phi) is 15.0. The van der Waals surface area contributed by atoms with Crippen LogP contribution in [0.3, 0.4) is 0 Å². The summed E-state index contributed by atoms with van der Waals surface area (Å²) in [6.07, 6.45) is 12.0. The molecular weight excluding hydrogens is 773 g/mol. The van der Waals surface area contributed by atoms with Gasteiger partial charge in [-0.05, 0) is 142 Å². The molecule has 0 fully saturated rings. The molecule has 8 rings (SSSR count). The summed E-state index contributed by atoms with van der Waals surface area (Å²) in [5.74, 6) is 0. The molecule has 0 aliphatic heterocycles. The second-order valence-corrected chi connectivity index (χ2v) is 15.0. The van der Waals surface area contributed by atoms with Gasteiger partial charge in [-0.1, -0.05) is 197 Å². The summed E-state index contributed by atoms with van der Waals surface area (Å²) >= 11 is 0. The van der Waals surface area contributed by atoms with Gasteiger partial charge in [-0.2, -0.15) is 0 Å². The lowest BCUT2D eigenvalue weighted by atomic mass is 9.92. The number of allylic oxidation sites excluding steroid dienone is 8. The molecule has 8 aromatic carbocycles. The van der Waals surface area contributed by atoms with Crippen LogP contribution in [0.4, 0.5) is 34.1 Å². The molecule has 0 atom stereocenters. The minimum atomic E-state index is 1.03. The Balaban J connectivity index is 0.00000302. The predicted octanol–water partition coefficient (Wildman–Crippen LogP) is 18.4. The van der Waals surface area contributed by atoms with Crippen molar-refractivity contribution in [1.29, 1.82) is 0 Å². The fraction of sp³-hybridized carbons (Fsp3) is 0.0645. The van der Waals surface area contributed by atoms with Gasteiger partial charge in [-0.15, -0.1) is 0 Å². The molecule has 0 radical (unpaired) electrons. The van der Waals surface area contributed by atoms with Gasteiger partial charge in [0.05, 0.1) is 0 Å². The lowest BCUT2D eigenvalue weighted by Crippen LogP contribution is -2.10. The SMILES string of the molecule is C=C/C=C(\C=C)c1ccc(N(c2ccccc2)c2ccc(-c3ccc(-c4ccc(N(c5ccccc5)c5ccc(C(/C=C\C)=C/C)cc5)cc4)cc3)c(-c3ccccc3)c2)cc1.CC. The summed E-state index contributed by atoms with van der Waals surface area (Å²) in [6, 6.07) is 73.9. The van der Waals surface area contributed by atoms with Crippen LogP contribution in [0.1, 0.15) is 38.8 Å². The van der Waals surface area contributed by atoms with Crippen molar-refractivity contribution in [1.82, 2.24) is 0 Å². The molecule has 0 aliphatic carbocycles. The van der Waals surface area contributed by atoms with Gasteiger partial charge in [-0.3, -0.25) is 0 Å². The molecule has 0 aliphatic rings. The minimum absolute atomic E-state index is 1.03. The Morgan fingerprint density at radius 3 is 1.25 bits per heavy atom. The van der Waals surface area contributed by atoms with E-state index in [1.807, 2.05) is 26.0 Å². The van der Waals surface area contributed by atoms with Crippen LogP contribution in [-0.2, 0) is 0 Å². The molecule has 2 nitrogen and oxygen atoms in total. The zero-order chi connectivity index (χ0) is 44.7. The first kappa shape index (κ1) is 44.1. The second-order valence-electron chi connectivity index (χ2n) is 15.0. The van der Waals surface area contributed by atoms with Crippen LogP contribution in [0.15, 0.2) is 256 Å². The maximum atomic E-state index is 4.01. The van der Waals surface area contributed by atoms with E-state index in [0.717, 1.165) is 67.5 Å². The number of hydrogen-bond acceptors (Lipinski definition) is 2. The number of para-hydroxylation sites is 2. The van der Waals surface area contributed by atoms with E-state index in [4.69, 9.17) is 0 Å². The van der Waals surface area contributed by atoms with Crippen molar-refractivity contribution in [3.05, 3.63) is 267 Å². The van der Waals surface area contributed by atoms with Crippen LogP contribution in [0.5, 0.6) is 0 Å². The Morgan fingerprint density at radius 1 is 0.391 bits per heavy atom. The number of benzene rings is 8. The molecule has 0 heterocycles. The summed E-state index contributed by atoms with van der Waals surface area (Å²) in [4.78, 5) is 4.63. The largest absolute Gasteiger partial charge is 0.311 e. The maximum absolute atomic E-state index is 4.01. The average molecular weight is 829 g/mol. The summed E-state index contributed by atoms with van der Waals surface area (Å²) < 4.78 is 0. The third kappa shape index (κ3) is 10.1. The van der Waals surface area contributed by atoms with Crippen LogP contribution in [0.2, 0.25) is 0 Å². The van der Waals surface area contributed by atoms with Crippen LogP contribution in [-0.4, -0.2) is 0 Å². The Morgan fingerprint density at radius 2 is 0.781 bits per heavy atom. The first-order valence-corrected chi connectivity index (χ1v) is 22.1. The van der Waals surface area contributed by atoms with Gasteiger partial charge in [0.15, 0.2) is 0 Å². The molecule has 0 N–H and O–H groups in total. The lowest BCUT2D eigenvalue weighted by Gasteiger charge is -2.27. The number of hydrogen-bond donors (Lipinski definition) is 0. The van der Waals surface area contributed by atoms with Gasteiger partial charge in [0.1, 0.15) is 0 Å². The van der Waals surface area contributed by atoms with E-state index >= 15 is 0 Å². The summed E-state index contributed by atoms with van der Waals surface area (Å²) in [5, 5.41) is 0. The topological polar surface area (TPSA) is 6.48 Å². The highest BCUT2D eigenvalue weighted by atomic mass is 15.1. The molecule has 0 saturated heterocycles. The molecule has 0 aromatic heterocycles. The second kappa shape index (κ2) is 21.7. The molecule has 2 heteroatoms. The van der Waals surface area contributed by atoms with E-state index in [1.165, 1.54) is 22.3 Å². The molecule has 64 heavy (non-hydrogen) atoms. The van der Waals surface area contributed by atoms with E-state index < -0.39 is 0 Å². The molecular formula is C62H56N2. The van der Waals surface area contributed by atoms with E-state index in [0.29, 0.717) is 0 Å². The Hall–Kier alpha value is -7.94. The third-order valence-electron chi connectivity index (χ3n) is 11.1. The van der Waals surface area contributed by atoms with Crippen molar-refractivity contribution in [2.24, 2.45) is 0 Å². The highest BCUT2D eigenvalue weighted by Gasteiger charge is 2.17. The summed E-state index contributed by atoms with van der Waals surface area (Å²) in [5.41, 5.74) is 18.1. The first-order chi connectivity index (χ1) is 31.6. The molecule has 8 aromatic rings. The minimum Gasteiger partial charge on any atom is -0.311 e. The quantitative estimate of drug-likeness (QED) is 0.101. The average Bonchev–Trinajstić information content (AvgIpc) is 3.37. The van der Waals surface area contributed by atoms with Crippen LogP contribution < -0.4 is 9.80 Å². The summed E-state index contributed by atoms with van der Waals surface area (Å²) in [7, 11) is 0. The molecule has 0 unspecified atom stereocenters. The normalized spacial score (nSPS) is 11.4. The zero-order valence-electron chi connectivity index (χ0n) is 37.4. The van der Waals surface area contributed by atoms with Gasteiger partial charge in [0.2, 0.25) is 0 Å². The molecule has 314 valence electrons. The fourth-order valence-corrected chi connectivity index (χ4v) is 8.03. The Bertz CT molecular complexity index is 2830. The van der Waals surface area contributed by atoms with Crippen molar-refractivity contribution < 1.29 is 0 Å².